The van der Waals surface area contributed by atoms with E-state index in [0.29, 0.717) is 16.2 Å². The molecule has 3 nitrogen and oxygen atoms in total. The lowest BCUT2D eigenvalue weighted by Gasteiger charge is -2.39. The van der Waals surface area contributed by atoms with Crippen molar-refractivity contribution < 1.29 is 0 Å². The fourth-order valence-electron chi connectivity index (χ4n) is 2.44. The van der Waals surface area contributed by atoms with Gasteiger partial charge in [0.15, 0.2) is 0 Å². The van der Waals surface area contributed by atoms with Crippen molar-refractivity contribution >= 4 is 15.9 Å². The molecule has 84 valence electrons. The van der Waals surface area contributed by atoms with Gasteiger partial charge in [-0.1, -0.05) is 35.0 Å². The molecule has 0 bridgehead atoms. The summed E-state index contributed by atoms with van der Waals surface area (Å²) in [5.41, 5.74) is 1.49. The summed E-state index contributed by atoms with van der Waals surface area (Å²) in [5.74, 6) is 0.532. The molecule has 1 fully saturated rings. The molecule has 15 heavy (non-hydrogen) atoms. The molecule has 0 radical (unpaired) electrons. The molecule has 0 N–H and O–H groups in total. The van der Waals surface area contributed by atoms with Crippen LogP contribution in [-0.4, -0.2) is 19.8 Å². The zero-order chi connectivity index (χ0) is 11.1. The molecule has 4 heteroatoms. The van der Waals surface area contributed by atoms with Crippen LogP contribution in [0.2, 0.25) is 0 Å². The standard InChI is InChI=1S/C11H18BrN3/c1-11(2)5-4-8(12)6-9(11)10-7-15(3)14-13-10/h7-9H,4-6H2,1-3H3. The number of aryl methyl sites for hydroxylation is 1. The largest absolute Gasteiger partial charge is 0.255 e. The van der Waals surface area contributed by atoms with Gasteiger partial charge in [-0.15, -0.1) is 5.10 Å². The van der Waals surface area contributed by atoms with Gasteiger partial charge in [0.2, 0.25) is 0 Å². The predicted molar refractivity (Wildman–Crippen MR) is 64.1 cm³/mol. The molecule has 1 aromatic heterocycles. The SMILES string of the molecule is Cn1cc(C2CC(Br)CCC2(C)C)nn1. The van der Waals surface area contributed by atoms with Crippen LogP contribution in [0.15, 0.2) is 6.20 Å². The summed E-state index contributed by atoms with van der Waals surface area (Å²) in [6.45, 7) is 4.68. The van der Waals surface area contributed by atoms with Gasteiger partial charge in [-0.3, -0.25) is 4.68 Å². The molecule has 1 aliphatic carbocycles. The van der Waals surface area contributed by atoms with Gasteiger partial charge >= 0.3 is 0 Å². The summed E-state index contributed by atoms with van der Waals surface area (Å²) < 4.78 is 1.79. The van der Waals surface area contributed by atoms with E-state index in [1.807, 2.05) is 7.05 Å². The first-order valence-corrected chi connectivity index (χ1v) is 6.41. The third kappa shape index (κ3) is 2.25. The molecule has 2 atom stereocenters. The lowest BCUT2D eigenvalue weighted by Crippen LogP contribution is -2.30. The first-order chi connectivity index (χ1) is 6.99. The third-order valence-corrected chi connectivity index (χ3v) is 4.35. The van der Waals surface area contributed by atoms with Crippen molar-refractivity contribution in [2.75, 3.05) is 0 Å². The second kappa shape index (κ2) is 3.89. The molecule has 0 saturated heterocycles. The maximum absolute atomic E-state index is 4.26. The smallest absolute Gasteiger partial charge is 0.0863 e. The molecule has 0 spiro atoms. The van der Waals surface area contributed by atoms with E-state index in [4.69, 9.17) is 0 Å². The van der Waals surface area contributed by atoms with Gasteiger partial charge in [0, 0.05) is 24.0 Å². The highest BCUT2D eigenvalue weighted by Gasteiger charge is 2.37. The minimum atomic E-state index is 0.348. The maximum atomic E-state index is 4.26. The van der Waals surface area contributed by atoms with Crippen molar-refractivity contribution in [2.24, 2.45) is 12.5 Å². The van der Waals surface area contributed by atoms with Crippen molar-refractivity contribution in [3.8, 4) is 0 Å². The Bertz CT molecular complexity index is 345. The highest BCUT2D eigenvalue weighted by atomic mass is 79.9. The molecular weight excluding hydrogens is 254 g/mol. The summed E-state index contributed by atoms with van der Waals surface area (Å²) >= 11 is 3.73. The van der Waals surface area contributed by atoms with Crippen molar-refractivity contribution in [2.45, 2.75) is 43.9 Å². The first-order valence-electron chi connectivity index (χ1n) is 5.49. The quantitative estimate of drug-likeness (QED) is 0.736. The highest BCUT2D eigenvalue weighted by molar-refractivity contribution is 9.09. The zero-order valence-corrected chi connectivity index (χ0v) is 11.2. The summed E-state index contributed by atoms with van der Waals surface area (Å²) in [6.07, 6.45) is 5.75. The number of hydrogen-bond donors (Lipinski definition) is 0. The first kappa shape index (κ1) is 11.1. The number of hydrogen-bond acceptors (Lipinski definition) is 2. The fraction of sp³-hybridized carbons (Fsp3) is 0.818. The minimum Gasteiger partial charge on any atom is -0.255 e. The van der Waals surface area contributed by atoms with E-state index in [2.05, 4.69) is 46.3 Å². The highest BCUT2D eigenvalue weighted by Crippen LogP contribution is 2.47. The Morgan fingerprint density at radius 1 is 1.53 bits per heavy atom. The molecule has 0 amide bonds. The summed E-state index contributed by atoms with van der Waals surface area (Å²) in [7, 11) is 1.93. The van der Waals surface area contributed by atoms with Gasteiger partial charge in [0.25, 0.3) is 0 Å². The van der Waals surface area contributed by atoms with Crippen LogP contribution in [0.4, 0.5) is 0 Å². The maximum Gasteiger partial charge on any atom is 0.0863 e. The van der Waals surface area contributed by atoms with Crippen LogP contribution in [0.25, 0.3) is 0 Å². The van der Waals surface area contributed by atoms with E-state index in [-0.39, 0.29) is 0 Å². The fourth-order valence-corrected chi connectivity index (χ4v) is 3.04. The normalized spacial score (nSPS) is 30.4. The lowest BCUT2D eigenvalue weighted by atomic mass is 9.68. The van der Waals surface area contributed by atoms with Crippen LogP contribution in [0, 0.1) is 5.41 Å². The topological polar surface area (TPSA) is 30.7 Å². The van der Waals surface area contributed by atoms with Gasteiger partial charge < -0.3 is 0 Å². The second-order valence-corrected chi connectivity index (χ2v) is 6.52. The van der Waals surface area contributed by atoms with Crippen LogP contribution in [0.1, 0.15) is 44.7 Å². The summed E-state index contributed by atoms with van der Waals surface area (Å²) in [5, 5.41) is 8.30. The van der Waals surface area contributed by atoms with Gasteiger partial charge in [-0.05, 0) is 24.7 Å². The van der Waals surface area contributed by atoms with Crippen molar-refractivity contribution in [1.29, 1.82) is 0 Å². The average molecular weight is 272 g/mol. The van der Waals surface area contributed by atoms with Crippen LogP contribution in [0.3, 0.4) is 0 Å². The van der Waals surface area contributed by atoms with Crippen molar-refractivity contribution in [3.05, 3.63) is 11.9 Å². The molecule has 0 aromatic carbocycles. The lowest BCUT2D eigenvalue weighted by molar-refractivity contribution is 0.202. The average Bonchev–Trinajstić information content (AvgIpc) is 2.56. The van der Waals surface area contributed by atoms with Gasteiger partial charge in [-0.25, -0.2) is 0 Å². The predicted octanol–water partition coefficient (Wildman–Crippen LogP) is 2.87. The van der Waals surface area contributed by atoms with Crippen LogP contribution < -0.4 is 0 Å². The zero-order valence-electron chi connectivity index (χ0n) is 9.57. The monoisotopic (exact) mass is 271 g/mol. The van der Waals surface area contributed by atoms with E-state index in [1.165, 1.54) is 19.3 Å². The Kier molecular flexibility index (Phi) is 2.88. The Morgan fingerprint density at radius 3 is 2.87 bits per heavy atom. The van der Waals surface area contributed by atoms with Gasteiger partial charge in [0.05, 0.1) is 5.69 Å². The number of nitrogens with zero attached hydrogens (tertiary/aromatic N) is 3. The molecule has 0 aliphatic heterocycles. The van der Waals surface area contributed by atoms with Crippen LogP contribution in [-0.2, 0) is 7.05 Å². The van der Waals surface area contributed by atoms with E-state index in [1.54, 1.807) is 4.68 Å². The Morgan fingerprint density at radius 2 is 2.27 bits per heavy atom. The Hall–Kier alpha value is -0.380. The Balaban J connectivity index is 2.25. The molecular formula is C11H18BrN3. The molecule has 1 aromatic rings. The van der Waals surface area contributed by atoms with Gasteiger partial charge in [0.1, 0.15) is 0 Å². The molecule has 2 rings (SSSR count). The number of aromatic nitrogens is 3. The van der Waals surface area contributed by atoms with Crippen LogP contribution in [0.5, 0.6) is 0 Å². The summed E-state index contributed by atoms with van der Waals surface area (Å²) in [6, 6.07) is 0. The molecule has 1 aliphatic rings. The molecule has 1 heterocycles. The van der Waals surface area contributed by atoms with Crippen LogP contribution >= 0.6 is 15.9 Å². The number of alkyl halides is 1. The third-order valence-electron chi connectivity index (χ3n) is 3.51. The van der Waals surface area contributed by atoms with Gasteiger partial charge in [-0.2, -0.15) is 0 Å². The minimum absolute atomic E-state index is 0.348. The van der Waals surface area contributed by atoms with E-state index in [0.717, 1.165) is 5.69 Å². The number of halogens is 1. The van der Waals surface area contributed by atoms with Crippen molar-refractivity contribution in [1.82, 2.24) is 15.0 Å². The number of rotatable bonds is 1. The van der Waals surface area contributed by atoms with E-state index in [9.17, 15) is 0 Å². The Labute approximate surface area is 99.4 Å². The molecule has 2 unspecified atom stereocenters. The van der Waals surface area contributed by atoms with Crippen molar-refractivity contribution in [3.63, 3.8) is 0 Å². The second-order valence-electron chi connectivity index (χ2n) is 5.23. The van der Waals surface area contributed by atoms with E-state index >= 15 is 0 Å². The van der Waals surface area contributed by atoms with E-state index < -0.39 is 0 Å². The summed E-state index contributed by atoms with van der Waals surface area (Å²) in [4.78, 5) is 0.637. The molecule has 1 saturated carbocycles.